The van der Waals surface area contributed by atoms with Gasteiger partial charge in [0.05, 0.1) is 23.5 Å². The quantitative estimate of drug-likeness (QED) is 0.593. The Bertz CT molecular complexity index is 774. The summed E-state index contributed by atoms with van der Waals surface area (Å²) >= 11 is 3.34. The van der Waals surface area contributed by atoms with Crippen molar-refractivity contribution in [1.82, 2.24) is 0 Å². The summed E-state index contributed by atoms with van der Waals surface area (Å²) in [7, 11) is 0. The van der Waals surface area contributed by atoms with E-state index < -0.39 is 11.7 Å². The van der Waals surface area contributed by atoms with Gasteiger partial charge >= 0.3 is 6.18 Å². The molecule has 0 amide bonds. The van der Waals surface area contributed by atoms with E-state index in [4.69, 9.17) is 4.74 Å². The Morgan fingerprint density at radius 2 is 1.88 bits per heavy atom. The third-order valence-corrected chi connectivity index (χ3v) is 4.76. The van der Waals surface area contributed by atoms with E-state index in [9.17, 15) is 13.2 Å². The normalized spacial score (nSPS) is 14.4. The van der Waals surface area contributed by atoms with Gasteiger partial charge in [-0.25, -0.2) is 0 Å². The van der Waals surface area contributed by atoms with Crippen LogP contribution in [0.2, 0.25) is 0 Å². The number of para-hydroxylation sites is 2. The third kappa shape index (κ3) is 3.78. The first-order valence-corrected chi connectivity index (χ1v) is 8.95. The average molecular weight is 414 g/mol. The molecule has 6 heteroatoms. The van der Waals surface area contributed by atoms with Gasteiger partial charge in [-0.05, 0) is 58.1 Å². The maximum absolute atomic E-state index is 13.4. The van der Waals surface area contributed by atoms with E-state index in [1.165, 1.54) is 6.07 Å². The molecule has 2 nitrogen and oxygen atoms in total. The van der Waals surface area contributed by atoms with Crippen LogP contribution in [0.25, 0.3) is 0 Å². The number of ether oxygens (including phenoxy) is 1. The highest BCUT2D eigenvalue weighted by molar-refractivity contribution is 9.10. The van der Waals surface area contributed by atoms with Crippen LogP contribution in [0.5, 0.6) is 5.75 Å². The van der Waals surface area contributed by atoms with Gasteiger partial charge in [-0.15, -0.1) is 0 Å². The summed E-state index contributed by atoms with van der Waals surface area (Å²) < 4.78 is 46.4. The zero-order valence-electron chi connectivity index (χ0n) is 14.0. The van der Waals surface area contributed by atoms with Crippen molar-refractivity contribution in [3.63, 3.8) is 0 Å². The lowest BCUT2D eigenvalue weighted by molar-refractivity contribution is -0.138. The lowest BCUT2D eigenvalue weighted by Crippen LogP contribution is -2.29. The Morgan fingerprint density at radius 1 is 1.16 bits per heavy atom. The second kappa shape index (κ2) is 6.90. The van der Waals surface area contributed by atoms with Gasteiger partial charge in [0, 0.05) is 4.47 Å². The topological polar surface area (TPSA) is 12.5 Å². The lowest BCUT2D eigenvalue weighted by Gasteiger charge is -2.32. The first-order chi connectivity index (χ1) is 11.8. The molecule has 0 saturated heterocycles. The monoisotopic (exact) mass is 413 g/mol. The van der Waals surface area contributed by atoms with E-state index in [1.807, 2.05) is 43.0 Å². The average Bonchev–Trinajstić information content (AvgIpc) is 2.54. The summed E-state index contributed by atoms with van der Waals surface area (Å²) in [6, 6.07) is 10.4. The smallest absolute Gasteiger partial charge is 0.416 e. The largest absolute Gasteiger partial charge is 0.490 e. The molecular formula is C19H19BrF3NO. The van der Waals surface area contributed by atoms with Crippen LogP contribution < -0.4 is 9.64 Å². The second-order valence-corrected chi connectivity index (χ2v) is 7.38. The minimum Gasteiger partial charge on any atom is -0.490 e. The van der Waals surface area contributed by atoms with Gasteiger partial charge in [-0.1, -0.05) is 26.0 Å². The van der Waals surface area contributed by atoms with Crippen LogP contribution in [0, 0.1) is 5.92 Å². The van der Waals surface area contributed by atoms with Gasteiger partial charge < -0.3 is 9.64 Å². The van der Waals surface area contributed by atoms with Crippen molar-refractivity contribution in [2.24, 2.45) is 5.92 Å². The molecule has 0 unspecified atom stereocenters. The van der Waals surface area contributed by atoms with Gasteiger partial charge in [0.25, 0.3) is 0 Å². The summed E-state index contributed by atoms with van der Waals surface area (Å²) in [4.78, 5) is 2.01. The molecule has 0 N–H and O–H groups in total. The predicted molar refractivity (Wildman–Crippen MR) is 96.6 cm³/mol. The van der Waals surface area contributed by atoms with E-state index >= 15 is 0 Å². The predicted octanol–water partition coefficient (Wildman–Crippen LogP) is 6.20. The Balaban J connectivity index is 2.12. The van der Waals surface area contributed by atoms with Crippen molar-refractivity contribution in [3.8, 4) is 5.75 Å². The number of anilines is 2. The highest BCUT2D eigenvalue weighted by Gasteiger charge is 2.35. The first-order valence-electron chi connectivity index (χ1n) is 8.16. The third-order valence-electron chi connectivity index (χ3n) is 4.13. The van der Waals surface area contributed by atoms with Crippen molar-refractivity contribution < 1.29 is 17.9 Å². The fraction of sp³-hybridized carbons (Fsp3) is 0.368. The fourth-order valence-corrected chi connectivity index (χ4v) is 3.66. The van der Waals surface area contributed by atoms with Crippen molar-refractivity contribution in [2.75, 3.05) is 18.1 Å². The zero-order valence-corrected chi connectivity index (χ0v) is 15.6. The van der Waals surface area contributed by atoms with Crippen LogP contribution in [-0.2, 0) is 12.6 Å². The molecule has 0 aromatic heterocycles. The van der Waals surface area contributed by atoms with Crippen molar-refractivity contribution >= 4 is 27.3 Å². The Kier molecular flexibility index (Phi) is 5.00. The number of fused-ring (bicyclic) bond motifs is 1. The summed E-state index contributed by atoms with van der Waals surface area (Å²) in [5.41, 5.74) is 1.35. The molecule has 134 valence electrons. The molecule has 0 saturated carbocycles. The highest BCUT2D eigenvalue weighted by atomic mass is 79.9. The second-order valence-electron chi connectivity index (χ2n) is 6.52. The van der Waals surface area contributed by atoms with Crippen molar-refractivity contribution in [2.45, 2.75) is 26.4 Å². The molecule has 1 aliphatic heterocycles. The van der Waals surface area contributed by atoms with Gasteiger partial charge in [0.1, 0.15) is 12.4 Å². The lowest BCUT2D eigenvalue weighted by atomic mass is 9.96. The van der Waals surface area contributed by atoms with E-state index in [2.05, 4.69) is 15.9 Å². The molecule has 25 heavy (non-hydrogen) atoms. The Labute approximate surface area is 153 Å². The molecule has 0 aliphatic carbocycles. The van der Waals surface area contributed by atoms with E-state index in [0.717, 1.165) is 17.1 Å². The molecule has 0 atom stereocenters. The minimum absolute atomic E-state index is 0.132. The molecule has 0 radical (unpaired) electrons. The van der Waals surface area contributed by atoms with Crippen molar-refractivity contribution in [3.05, 3.63) is 52.0 Å². The van der Waals surface area contributed by atoms with E-state index in [0.29, 0.717) is 29.6 Å². The van der Waals surface area contributed by atoms with Crippen molar-refractivity contribution in [1.29, 1.82) is 0 Å². The van der Waals surface area contributed by atoms with Crippen LogP contribution in [-0.4, -0.2) is 13.2 Å². The first kappa shape index (κ1) is 18.1. The van der Waals surface area contributed by atoms with Crippen LogP contribution in [0.1, 0.15) is 25.0 Å². The van der Waals surface area contributed by atoms with E-state index in [-0.39, 0.29) is 5.92 Å². The van der Waals surface area contributed by atoms with Crippen LogP contribution in [0.15, 0.2) is 40.9 Å². The number of benzene rings is 2. The number of nitrogens with zero attached hydrogens (tertiary/aromatic N) is 1. The SMILES string of the molecule is CC(C)Cc1cc(N2CCOc3ccccc32)c(Br)cc1C(F)(F)F. The zero-order chi connectivity index (χ0) is 18.2. The molecule has 1 heterocycles. The standard InChI is InChI=1S/C19H19BrF3NO/c1-12(2)9-13-10-17(15(20)11-14(13)19(21,22)23)24-7-8-25-18-6-4-3-5-16(18)24/h3-6,10-12H,7-9H2,1-2H3. The number of alkyl halides is 3. The number of rotatable bonds is 3. The van der Waals surface area contributed by atoms with Gasteiger partial charge in [-0.2, -0.15) is 13.2 Å². The maximum atomic E-state index is 13.4. The molecule has 0 spiro atoms. The molecule has 3 rings (SSSR count). The minimum atomic E-state index is -4.37. The summed E-state index contributed by atoms with van der Waals surface area (Å²) in [6.45, 7) is 4.92. The maximum Gasteiger partial charge on any atom is 0.416 e. The Hall–Kier alpha value is -1.69. The van der Waals surface area contributed by atoms with Gasteiger partial charge in [0.2, 0.25) is 0 Å². The van der Waals surface area contributed by atoms with Gasteiger partial charge in [0.15, 0.2) is 0 Å². The highest BCUT2D eigenvalue weighted by Crippen LogP contribution is 2.43. The van der Waals surface area contributed by atoms with Crippen LogP contribution in [0.4, 0.5) is 24.5 Å². The van der Waals surface area contributed by atoms with Crippen LogP contribution in [0.3, 0.4) is 0 Å². The molecular weight excluding hydrogens is 395 g/mol. The number of halogens is 4. The molecule has 2 aromatic rings. The fourth-order valence-electron chi connectivity index (χ4n) is 3.10. The molecule has 0 fully saturated rings. The van der Waals surface area contributed by atoms with Crippen LogP contribution >= 0.6 is 15.9 Å². The Morgan fingerprint density at radius 3 is 2.56 bits per heavy atom. The number of hydrogen-bond donors (Lipinski definition) is 0. The number of hydrogen-bond acceptors (Lipinski definition) is 2. The van der Waals surface area contributed by atoms with E-state index in [1.54, 1.807) is 6.07 Å². The molecule has 1 aliphatic rings. The summed E-state index contributed by atoms with van der Waals surface area (Å²) in [5, 5.41) is 0. The summed E-state index contributed by atoms with van der Waals surface area (Å²) in [5.74, 6) is 0.873. The molecule has 2 aromatic carbocycles. The summed E-state index contributed by atoms with van der Waals surface area (Å²) in [6.07, 6.45) is -3.99. The molecule has 0 bridgehead atoms. The van der Waals surface area contributed by atoms with Gasteiger partial charge in [-0.3, -0.25) is 0 Å².